The summed E-state index contributed by atoms with van der Waals surface area (Å²) in [4.78, 5) is 11.8. The Morgan fingerprint density at radius 3 is 2.81 bits per heavy atom. The third-order valence-electron chi connectivity index (χ3n) is 3.73. The van der Waals surface area contributed by atoms with E-state index in [4.69, 9.17) is 9.15 Å². The Balaban J connectivity index is 1.80. The van der Waals surface area contributed by atoms with Gasteiger partial charge in [0.1, 0.15) is 17.1 Å². The molecule has 1 aliphatic rings. The zero-order chi connectivity index (χ0) is 15.5. The van der Waals surface area contributed by atoms with Gasteiger partial charge in [0.15, 0.2) is 0 Å². The smallest absolute Gasteiger partial charge is 0.314 e. The van der Waals surface area contributed by atoms with Crippen molar-refractivity contribution < 1.29 is 19.1 Å². The first-order valence-electron chi connectivity index (χ1n) is 7.31. The molecule has 2 heterocycles. The number of amides is 2. The highest BCUT2D eigenvalue weighted by atomic mass is 16.5. The van der Waals surface area contributed by atoms with Crippen molar-refractivity contribution >= 4 is 6.03 Å². The van der Waals surface area contributed by atoms with E-state index in [-0.39, 0.29) is 18.7 Å². The Hall–Kier alpha value is -1.53. The zero-order valence-electron chi connectivity index (χ0n) is 12.9. The van der Waals surface area contributed by atoms with E-state index in [1.54, 1.807) is 19.9 Å². The standard InChI is InChI=1S/C15H24N2O4/c1-10-7-13(11(2)21-10)15(3,19)9-17-14(18)16-8-12-5-4-6-20-12/h7,12,19H,4-6,8-9H2,1-3H3,(H2,16,17,18). The molecule has 1 aromatic rings. The van der Waals surface area contributed by atoms with Gasteiger partial charge in [-0.15, -0.1) is 0 Å². The first-order chi connectivity index (χ1) is 9.88. The monoisotopic (exact) mass is 296 g/mol. The molecule has 6 heteroatoms. The van der Waals surface area contributed by atoms with Crippen LogP contribution in [0.3, 0.4) is 0 Å². The number of carbonyl (C=O) groups excluding carboxylic acids is 1. The first-order valence-corrected chi connectivity index (χ1v) is 7.31. The molecule has 6 nitrogen and oxygen atoms in total. The molecular formula is C15H24N2O4. The van der Waals surface area contributed by atoms with Crippen molar-refractivity contribution in [2.45, 2.75) is 45.3 Å². The fourth-order valence-corrected chi connectivity index (χ4v) is 2.59. The Kier molecular flexibility index (Phi) is 4.90. The van der Waals surface area contributed by atoms with E-state index in [0.717, 1.165) is 25.2 Å². The molecule has 0 aliphatic carbocycles. The first kappa shape index (κ1) is 15.9. The van der Waals surface area contributed by atoms with Crippen molar-refractivity contribution in [2.75, 3.05) is 19.7 Å². The van der Waals surface area contributed by atoms with Crippen molar-refractivity contribution in [1.82, 2.24) is 10.6 Å². The summed E-state index contributed by atoms with van der Waals surface area (Å²) in [5.74, 6) is 1.41. The average molecular weight is 296 g/mol. The van der Waals surface area contributed by atoms with Crippen LogP contribution in [0.1, 0.15) is 36.8 Å². The third-order valence-corrected chi connectivity index (χ3v) is 3.73. The number of urea groups is 1. The maximum atomic E-state index is 11.8. The van der Waals surface area contributed by atoms with E-state index in [1.165, 1.54) is 0 Å². The molecule has 2 atom stereocenters. The van der Waals surface area contributed by atoms with Crippen LogP contribution in [-0.4, -0.2) is 36.9 Å². The van der Waals surface area contributed by atoms with Gasteiger partial charge < -0.3 is 24.9 Å². The van der Waals surface area contributed by atoms with Crippen LogP contribution in [0.2, 0.25) is 0 Å². The second-order valence-electron chi connectivity index (χ2n) is 5.80. The van der Waals surface area contributed by atoms with Gasteiger partial charge in [0.2, 0.25) is 0 Å². The molecule has 0 bridgehead atoms. The van der Waals surface area contributed by atoms with E-state index in [0.29, 0.717) is 17.9 Å². The fourth-order valence-electron chi connectivity index (χ4n) is 2.59. The maximum absolute atomic E-state index is 11.8. The summed E-state index contributed by atoms with van der Waals surface area (Å²) < 4.78 is 10.9. The van der Waals surface area contributed by atoms with Gasteiger partial charge in [0.05, 0.1) is 12.6 Å². The second-order valence-corrected chi connectivity index (χ2v) is 5.80. The highest BCUT2D eigenvalue weighted by molar-refractivity contribution is 5.73. The molecule has 0 aromatic carbocycles. The Labute approximate surface area is 124 Å². The van der Waals surface area contributed by atoms with Crippen LogP contribution in [0.15, 0.2) is 10.5 Å². The molecule has 2 rings (SSSR count). The topological polar surface area (TPSA) is 83.7 Å². The zero-order valence-corrected chi connectivity index (χ0v) is 12.9. The van der Waals surface area contributed by atoms with E-state index in [2.05, 4.69) is 10.6 Å². The summed E-state index contributed by atoms with van der Waals surface area (Å²) in [6.45, 7) is 6.66. The summed E-state index contributed by atoms with van der Waals surface area (Å²) in [6.07, 6.45) is 2.13. The van der Waals surface area contributed by atoms with Crippen molar-refractivity contribution in [2.24, 2.45) is 0 Å². The number of aryl methyl sites for hydroxylation is 2. The van der Waals surface area contributed by atoms with Gasteiger partial charge in [0, 0.05) is 18.7 Å². The molecule has 118 valence electrons. The van der Waals surface area contributed by atoms with Gasteiger partial charge in [-0.1, -0.05) is 0 Å². The summed E-state index contributed by atoms with van der Waals surface area (Å²) in [7, 11) is 0. The molecule has 1 aromatic heterocycles. The lowest BCUT2D eigenvalue weighted by atomic mass is 9.96. The number of furan rings is 1. The van der Waals surface area contributed by atoms with Crippen molar-refractivity contribution in [3.8, 4) is 0 Å². The van der Waals surface area contributed by atoms with Crippen molar-refractivity contribution in [3.63, 3.8) is 0 Å². The van der Waals surface area contributed by atoms with Gasteiger partial charge in [-0.25, -0.2) is 4.79 Å². The molecule has 0 radical (unpaired) electrons. The van der Waals surface area contributed by atoms with E-state index in [9.17, 15) is 9.90 Å². The Bertz CT molecular complexity index is 490. The molecule has 1 saturated heterocycles. The van der Waals surface area contributed by atoms with Crippen molar-refractivity contribution in [1.29, 1.82) is 0 Å². The van der Waals surface area contributed by atoms with Gasteiger partial charge >= 0.3 is 6.03 Å². The fraction of sp³-hybridized carbons (Fsp3) is 0.667. The quantitative estimate of drug-likeness (QED) is 0.770. The number of hydrogen-bond donors (Lipinski definition) is 3. The molecule has 1 aliphatic heterocycles. The summed E-state index contributed by atoms with van der Waals surface area (Å²) >= 11 is 0. The van der Waals surface area contributed by atoms with E-state index >= 15 is 0 Å². The lowest BCUT2D eigenvalue weighted by Crippen LogP contribution is -2.45. The van der Waals surface area contributed by atoms with E-state index in [1.807, 2.05) is 6.92 Å². The minimum Gasteiger partial charge on any atom is -0.466 e. The number of nitrogens with one attached hydrogen (secondary N) is 2. The molecule has 2 amide bonds. The number of rotatable bonds is 5. The molecule has 1 fully saturated rings. The molecule has 0 spiro atoms. The molecular weight excluding hydrogens is 272 g/mol. The molecule has 2 unspecified atom stereocenters. The summed E-state index contributed by atoms with van der Waals surface area (Å²) in [5.41, 5.74) is -0.470. The van der Waals surface area contributed by atoms with Crippen LogP contribution < -0.4 is 10.6 Å². The largest absolute Gasteiger partial charge is 0.466 e. The highest BCUT2D eigenvalue weighted by Gasteiger charge is 2.28. The average Bonchev–Trinajstić information content (AvgIpc) is 3.04. The normalized spacial score (nSPS) is 21.0. The van der Waals surface area contributed by atoms with E-state index < -0.39 is 5.60 Å². The van der Waals surface area contributed by atoms with Gasteiger partial charge in [0.25, 0.3) is 0 Å². The van der Waals surface area contributed by atoms with Gasteiger partial charge in [-0.3, -0.25) is 0 Å². The van der Waals surface area contributed by atoms with Crippen LogP contribution in [0.4, 0.5) is 4.79 Å². The maximum Gasteiger partial charge on any atom is 0.314 e. The van der Waals surface area contributed by atoms with Crippen LogP contribution >= 0.6 is 0 Å². The number of ether oxygens (including phenoxy) is 1. The Morgan fingerprint density at radius 2 is 2.24 bits per heavy atom. The predicted octanol–water partition coefficient (Wildman–Crippen LogP) is 1.58. The minimum absolute atomic E-state index is 0.107. The lowest BCUT2D eigenvalue weighted by Gasteiger charge is -2.23. The third kappa shape index (κ3) is 4.22. The molecule has 21 heavy (non-hydrogen) atoms. The lowest BCUT2D eigenvalue weighted by molar-refractivity contribution is 0.0575. The summed E-state index contributed by atoms with van der Waals surface area (Å²) in [6, 6.07) is 1.49. The molecule has 3 N–H and O–H groups in total. The number of carbonyl (C=O) groups is 1. The van der Waals surface area contributed by atoms with Gasteiger partial charge in [-0.05, 0) is 39.7 Å². The highest BCUT2D eigenvalue weighted by Crippen LogP contribution is 2.26. The Morgan fingerprint density at radius 1 is 1.48 bits per heavy atom. The molecule has 0 saturated carbocycles. The van der Waals surface area contributed by atoms with Crippen LogP contribution in [0.5, 0.6) is 0 Å². The predicted molar refractivity (Wildman–Crippen MR) is 78.1 cm³/mol. The van der Waals surface area contributed by atoms with Crippen LogP contribution in [-0.2, 0) is 10.3 Å². The number of hydrogen-bond acceptors (Lipinski definition) is 4. The number of aliphatic hydroxyl groups is 1. The van der Waals surface area contributed by atoms with Crippen molar-refractivity contribution in [3.05, 3.63) is 23.2 Å². The summed E-state index contributed by atoms with van der Waals surface area (Å²) in [5, 5.41) is 15.9. The van der Waals surface area contributed by atoms with Crippen LogP contribution in [0, 0.1) is 13.8 Å². The van der Waals surface area contributed by atoms with Crippen LogP contribution in [0.25, 0.3) is 0 Å². The van der Waals surface area contributed by atoms with Gasteiger partial charge in [-0.2, -0.15) is 0 Å². The second kappa shape index (κ2) is 6.49. The SMILES string of the molecule is Cc1cc(C(C)(O)CNC(=O)NCC2CCCO2)c(C)o1. The minimum atomic E-state index is -1.16.